The lowest BCUT2D eigenvalue weighted by atomic mass is 9.86. The average molecular weight is 500 g/mol. The van der Waals surface area contributed by atoms with Crippen molar-refractivity contribution >= 4 is 11.9 Å². The molecule has 1 aliphatic heterocycles. The van der Waals surface area contributed by atoms with E-state index in [-0.39, 0.29) is 24.6 Å². The number of fused-ring (bicyclic) bond motifs is 1. The molecule has 37 heavy (non-hydrogen) atoms. The molecule has 1 heterocycles. The monoisotopic (exact) mass is 499 g/mol. The van der Waals surface area contributed by atoms with Crippen molar-refractivity contribution in [3.63, 3.8) is 0 Å². The second kappa shape index (κ2) is 11.2. The Morgan fingerprint density at radius 1 is 0.973 bits per heavy atom. The third kappa shape index (κ3) is 7.00. The van der Waals surface area contributed by atoms with Crippen LogP contribution in [0.3, 0.4) is 0 Å². The molecule has 3 aromatic carbocycles. The number of amides is 1. The number of benzene rings is 3. The molecule has 1 aliphatic rings. The van der Waals surface area contributed by atoms with Crippen LogP contribution in [0, 0.1) is 12.8 Å². The van der Waals surface area contributed by atoms with Crippen LogP contribution in [0.15, 0.2) is 66.7 Å². The fourth-order valence-electron chi connectivity index (χ4n) is 5.00. The third-order valence-electron chi connectivity index (χ3n) is 6.94. The van der Waals surface area contributed by atoms with Gasteiger partial charge in [-0.2, -0.15) is 0 Å². The second-order valence-corrected chi connectivity index (χ2v) is 11.0. The van der Waals surface area contributed by atoms with Crippen molar-refractivity contribution in [2.45, 2.75) is 65.5 Å². The van der Waals surface area contributed by atoms with Crippen molar-refractivity contribution in [3.8, 4) is 5.75 Å². The Hall–Kier alpha value is -3.60. The molecule has 0 unspecified atom stereocenters. The summed E-state index contributed by atoms with van der Waals surface area (Å²) in [6, 6.07) is 22.1. The van der Waals surface area contributed by atoms with Crippen LogP contribution < -0.4 is 4.74 Å². The molecule has 3 aromatic rings. The van der Waals surface area contributed by atoms with Crippen LogP contribution in [0.5, 0.6) is 5.75 Å². The van der Waals surface area contributed by atoms with Gasteiger partial charge in [0.25, 0.3) is 5.91 Å². The number of carbonyl (C=O) groups excluding carboxylic acids is 1. The van der Waals surface area contributed by atoms with E-state index in [1.54, 1.807) is 6.07 Å². The van der Waals surface area contributed by atoms with Crippen LogP contribution in [-0.4, -0.2) is 34.0 Å². The van der Waals surface area contributed by atoms with Crippen LogP contribution in [0.1, 0.15) is 65.4 Å². The van der Waals surface area contributed by atoms with Gasteiger partial charge in [-0.05, 0) is 79.5 Å². The first-order valence-electron chi connectivity index (χ1n) is 13.1. The molecule has 0 fully saturated rings. The van der Waals surface area contributed by atoms with E-state index in [0.29, 0.717) is 11.5 Å². The number of rotatable bonds is 9. The van der Waals surface area contributed by atoms with Crippen LogP contribution in [0.25, 0.3) is 0 Å². The van der Waals surface area contributed by atoms with Gasteiger partial charge in [0.1, 0.15) is 17.9 Å². The second-order valence-electron chi connectivity index (χ2n) is 11.0. The van der Waals surface area contributed by atoms with E-state index in [4.69, 9.17) is 4.74 Å². The molecule has 0 saturated carbocycles. The van der Waals surface area contributed by atoms with Crippen LogP contribution in [-0.2, 0) is 30.6 Å². The number of aryl methyl sites for hydroxylation is 2. The highest BCUT2D eigenvalue weighted by atomic mass is 16.5. The summed E-state index contributed by atoms with van der Waals surface area (Å²) in [4.78, 5) is 26.2. The number of hydrogen-bond acceptors (Lipinski definition) is 3. The Balaban J connectivity index is 1.46. The molecule has 0 aromatic heterocycles. The molecule has 0 aliphatic carbocycles. The molecule has 1 amide bonds. The number of carboxylic acids is 1. The van der Waals surface area contributed by atoms with Gasteiger partial charge in [-0.15, -0.1) is 0 Å². The number of hydrogen-bond donors (Lipinski definition) is 1. The number of nitrogens with zero attached hydrogens (tertiary/aromatic N) is 1. The van der Waals surface area contributed by atoms with Crippen LogP contribution in [0.2, 0.25) is 0 Å². The molecule has 4 rings (SSSR count). The average Bonchev–Trinajstić information content (AvgIpc) is 2.85. The minimum atomic E-state index is -1.03. The van der Waals surface area contributed by atoms with Gasteiger partial charge >= 0.3 is 5.97 Å². The van der Waals surface area contributed by atoms with E-state index in [1.807, 2.05) is 43.3 Å². The van der Waals surface area contributed by atoms with Gasteiger partial charge in [-0.1, -0.05) is 67.9 Å². The number of ether oxygens (including phenoxy) is 1. The van der Waals surface area contributed by atoms with Crippen molar-refractivity contribution in [2.75, 3.05) is 6.54 Å². The predicted molar refractivity (Wildman–Crippen MR) is 146 cm³/mol. The molecule has 5 nitrogen and oxygen atoms in total. The number of carbonyl (C=O) groups is 2. The van der Waals surface area contributed by atoms with E-state index in [9.17, 15) is 14.7 Å². The van der Waals surface area contributed by atoms with Gasteiger partial charge in [0, 0.05) is 18.5 Å². The SMILES string of the molecule is Cc1ccc(CN(CC(=O)O)C(=O)c2ccc3c(c2)CC[C@](C)(Cc2ccc(CC(C)C)cc2)O3)cc1. The fourth-order valence-corrected chi connectivity index (χ4v) is 5.00. The van der Waals surface area contributed by atoms with Gasteiger partial charge in [0.05, 0.1) is 0 Å². The largest absolute Gasteiger partial charge is 0.487 e. The van der Waals surface area contributed by atoms with Crippen molar-refractivity contribution in [1.82, 2.24) is 4.90 Å². The van der Waals surface area contributed by atoms with E-state index in [1.165, 1.54) is 16.0 Å². The maximum absolute atomic E-state index is 13.3. The number of carboxylic acid groups (broad SMARTS) is 1. The molecule has 0 bridgehead atoms. The summed E-state index contributed by atoms with van der Waals surface area (Å²) in [6.45, 7) is 8.49. The highest BCUT2D eigenvalue weighted by molar-refractivity contribution is 5.96. The zero-order chi connectivity index (χ0) is 26.6. The Labute approximate surface area is 220 Å². The van der Waals surface area contributed by atoms with Crippen molar-refractivity contribution in [2.24, 2.45) is 5.92 Å². The fraction of sp³-hybridized carbons (Fsp3) is 0.375. The molecule has 0 radical (unpaired) electrons. The van der Waals surface area contributed by atoms with Crippen molar-refractivity contribution < 1.29 is 19.4 Å². The molecular formula is C32H37NO4. The smallest absolute Gasteiger partial charge is 0.323 e. The summed E-state index contributed by atoms with van der Waals surface area (Å²) in [5, 5.41) is 9.41. The summed E-state index contributed by atoms with van der Waals surface area (Å²) in [5.41, 5.74) is 5.78. The zero-order valence-electron chi connectivity index (χ0n) is 22.3. The van der Waals surface area contributed by atoms with E-state index in [2.05, 4.69) is 45.0 Å². The Morgan fingerprint density at radius 3 is 2.27 bits per heavy atom. The number of aliphatic carboxylic acids is 1. The van der Waals surface area contributed by atoms with Crippen LogP contribution >= 0.6 is 0 Å². The van der Waals surface area contributed by atoms with E-state index >= 15 is 0 Å². The predicted octanol–water partition coefficient (Wildman–Crippen LogP) is 6.25. The summed E-state index contributed by atoms with van der Waals surface area (Å²) < 4.78 is 6.47. The topological polar surface area (TPSA) is 66.8 Å². The molecule has 194 valence electrons. The van der Waals surface area contributed by atoms with Gasteiger partial charge in [0.2, 0.25) is 0 Å². The lowest BCUT2D eigenvalue weighted by Crippen LogP contribution is -2.39. The van der Waals surface area contributed by atoms with Crippen molar-refractivity contribution in [3.05, 3.63) is 100 Å². The maximum Gasteiger partial charge on any atom is 0.323 e. The van der Waals surface area contributed by atoms with Gasteiger partial charge < -0.3 is 14.7 Å². The lowest BCUT2D eigenvalue weighted by Gasteiger charge is -2.36. The van der Waals surface area contributed by atoms with Gasteiger partial charge in [-0.3, -0.25) is 9.59 Å². The molecule has 1 N–H and O–H groups in total. The highest BCUT2D eigenvalue weighted by Crippen LogP contribution is 2.36. The standard InChI is InChI=1S/C32H37NO4/c1-22(2)17-24-9-11-25(12-10-24)19-32(4)16-15-27-18-28(13-14-29(27)37-32)31(36)33(21-30(34)35)20-26-7-5-23(3)6-8-26/h5-14,18,22H,15-17,19-21H2,1-4H3,(H,34,35)/t32-/m1/s1. The summed E-state index contributed by atoms with van der Waals surface area (Å²) in [5.74, 6) is 0.109. The van der Waals surface area contributed by atoms with Crippen LogP contribution in [0.4, 0.5) is 0 Å². The summed E-state index contributed by atoms with van der Waals surface area (Å²) in [7, 11) is 0. The van der Waals surface area contributed by atoms with Gasteiger partial charge in [0.15, 0.2) is 0 Å². The minimum absolute atomic E-state index is 0.243. The quantitative estimate of drug-likeness (QED) is 0.378. The van der Waals surface area contributed by atoms with E-state index in [0.717, 1.165) is 48.1 Å². The lowest BCUT2D eigenvalue weighted by molar-refractivity contribution is -0.137. The van der Waals surface area contributed by atoms with Crippen molar-refractivity contribution in [1.29, 1.82) is 0 Å². The first kappa shape index (κ1) is 26.5. The first-order valence-corrected chi connectivity index (χ1v) is 13.1. The molecule has 0 saturated heterocycles. The molecule has 1 atom stereocenters. The van der Waals surface area contributed by atoms with Gasteiger partial charge in [-0.25, -0.2) is 0 Å². The third-order valence-corrected chi connectivity index (χ3v) is 6.94. The molecular weight excluding hydrogens is 462 g/mol. The Kier molecular flexibility index (Phi) is 8.01. The Morgan fingerprint density at radius 2 is 1.62 bits per heavy atom. The Bertz CT molecular complexity index is 1250. The maximum atomic E-state index is 13.3. The first-order chi connectivity index (χ1) is 17.6. The summed E-state index contributed by atoms with van der Waals surface area (Å²) >= 11 is 0. The molecule has 0 spiro atoms. The minimum Gasteiger partial charge on any atom is -0.487 e. The summed E-state index contributed by atoms with van der Waals surface area (Å²) in [6.07, 6.45) is 3.54. The highest BCUT2D eigenvalue weighted by Gasteiger charge is 2.32. The normalized spacial score (nSPS) is 16.7. The zero-order valence-corrected chi connectivity index (χ0v) is 22.3. The van der Waals surface area contributed by atoms with E-state index < -0.39 is 5.97 Å². The molecule has 5 heteroatoms.